The lowest BCUT2D eigenvalue weighted by Crippen LogP contribution is -2.51. The average Bonchev–Trinajstić information content (AvgIpc) is 2.42. The van der Waals surface area contributed by atoms with E-state index in [9.17, 15) is 13.2 Å². The van der Waals surface area contributed by atoms with Crippen LogP contribution in [0.2, 0.25) is 0 Å². The molecule has 5 nitrogen and oxygen atoms in total. The van der Waals surface area contributed by atoms with Crippen molar-refractivity contribution in [1.29, 1.82) is 0 Å². The topological polar surface area (TPSA) is 75.3 Å². The van der Waals surface area contributed by atoms with E-state index in [1.54, 1.807) is 0 Å². The van der Waals surface area contributed by atoms with E-state index in [4.69, 9.17) is 0 Å². The molecular weight excluding hydrogens is 264 g/mol. The van der Waals surface area contributed by atoms with E-state index in [1.807, 2.05) is 0 Å². The van der Waals surface area contributed by atoms with Crippen LogP contribution in [0.25, 0.3) is 0 Å². The molecule has 2 aliphatic rings. The van der Waals surface area contributed by atoms with Crippen molar-refractivity contribution in [3.63, 3.8) is 0 Å². The number of rotatable bonds is 3. The van der Waals surface area contributed by atoms with Gasteiger partial charge < -0.3 is 10.6 Å². The summed E-state index contributed by atoms with van der Waals surface area (Å²) in [5.41, 5.74) is -0.248. The van der Waals surface area contributed by atoms with Crippen molar-refractivity contribution in [2.45, 2.75) is 45.1 Å². The number of hydrogen-bond acceptors (Lipinski definition) is 4. The highest BCUT2D eigenvalue weighted by atomic mass is 32.2. The molecule has 110 valence electrons. The Labute approximate surface area is 115 Å². The highest BCUT2D eigenvalue weighted by Gasteiger charge is 2.39. The SMILES string of the molecule is CCC1(C(=O)NC2CCS(=O)(=O)CC2)CCNCC1. The van der Waals surface area contributed by atoms with E-state index >= 15 is 0 Å². The van der Waals surface area contributed by atoms with Crippen LogP contribution in [-0.4, -0.2) is 45.0 Å². The molecule has 6 heteroatoms. The minimum atomic E-state index is -2.86. The molecule has 2 aliphatic heterocycles. The fourth-order valence-electron chi connectivity index (χ4n) is 3.02. The van der Waals surface area contributed by atoms with Gasteiger partial charge in [0.2, 0.25) is 5.91 Å². The summed E-state index contributed by atoms with van der Waals surface area (Å²) in [5, 5.41) is 6.37. The second-order valence-corrected chi connectivity index (χ2v) is 8.09. The molecule has 0 unspecified atom stereocenters. The van der Waals surface area contributed by atoms with Crippen LogP contribution in [0.15, 0.2) is 0 Å². The maximum absolute atomic E-state index is 12.5. The Morgan fingerprint density at radius 1 is 1.26 bits per heavy atom. The minimum absolute atomic E-state index is 0.0364. The zero-order valence-corrected chi connectivity index (χ0v) is 12.4. The first-order valence-electron chi connectivity index (χ1n) is 7.19. The molecule has 0 aromatic rings. The Morgan fingerprint density at radius 2 is 1.84 bits per heavy atom. The Morgan fingerprint density at radius 3 is 2.37 bits per heavy atom. The number of hydrogen-bond donors (Lipinski definition) is 2. The van der Waals surface area contributed by atoms with Gasteiger partial charge in [-0.05, 0) is 45.2 Å². The van der Waals surface area contributed by atoms with Crippen molar-refractivity contribution in [2.75, 3.05) is 24.6 Å². The summed E-state index contributed by atoms with van der Waals surface area (Å²) in [7, 11) is -2.86. The highest BCUT2D eigenvalue weighted by molar-refractivity contribution is 7.91. The molecule has 2 rings (SSSR count). The standard InChI is InChI=1S/C13H24N2O3S/c1-2-13(5-7-14-8-6-13)12(16)15-11-3-9-19(17,18)10-4-11/h11,14H,2-10H2,1H3,(H,15,16). The summed E-state index contributed by atoms with van der Waals surface area (Å²) in [4.78, 5) is 12.5. The first-order valence-corrected chi connectivity index (χ1v) is 9.02. The van der Waals surface area contributed by atoms with Crippen molar-refractivity contribution < 1.29 is 13.2 Å². The smallest absolute Gasteiger partial charge is 0.226 e. The van der Waals surface area contributed by atoms with Crippen LogP contribution in [0.3, 0.4) is 0 Å². The molecule has 0 spiro atoms. The number of amides is 1. The Balaban J connectivity index is 1.93. The predicted octanol–water partition coefficient (Wildman–Crippen LogP) is 0.460. The van der Waals surface area contributed by atoms with Gasteiger partial charge in [0.05, 0.1) is 16.9 Å². The molecule has 19 heavy (non-hydrogen) atoms. The molecule has 0 aliphatic carbocycles. The molecule has 2 saturated heterocycles. The molecule has 0 radical (unpaired) electrons. The van der Waals surface area contributed by atoms with Gasteiger partial charge in [-0.2, -0.15) is 0 Å². The third kappa shape index (κ3) is 3.48. The zero-order valence-electron chi connectivity index (χ0n) is 11.6. The Kier molecular flexibility index (Phi) is 4.50. The third-order valence-corrected chi connectivity index (χ3v) is 6.32. The summed E-state index contributed by atoms with van der Waals surface area (Å²) >= 11 is 0. The molecular formula is C13H24N2O3S. The van der Waals surface area contributed by atoms with Crippen molar-refractivity contribution >= 4 is 15.7 Å². The number of piperidine rings is 1. The summed E-state index contributed by atoms with van der Waals surface area (Å²) in [5.74, 6) is 0.540. The molecule has 2 fully saturated rings. The van der Waals surface area contributed by atoms with Crippen LogP contribution in [0.5, 0.6) is 0 Å². The van der Waals surface area contributed by atoms with Crippen LogP contribution >= 0.6 is 0 Å². The van der Waals surface area contributed by atoms with Crippen molar-refractivity contribution in [1.82, 2.24) is 10.6 Å². The van der Waals surface area contributed by atoms with Gasteiger partial charge in [-0.1, -0.05) is 6.92 Å². The van der Waals surface area contributed by atoms with Crippen molar-refractivity contribution in [3.05, 3.63) is 0 Å². The predicted molar refractivity (Wildman–Crippen MR) is 74.6 cm³/mol. The lowest BCUT2D eigenvalue weighted by atomic mass is 9.75. The van der Waals surface area contributed by atoms with Crippen molar-refractivity contribution in [2.24, 2.45) is 5.41 Å². The normalized spacial score (nSPS) is 26.8. The summed E-state index contributed by atoms with van der Waals surface area (Å²) < 4.78 is 22.8. The van der Waals surface area contributed by atoms with E-state index in [-0.39, 0.29) is 28.9 Å². The number of sulfone groups is 1. The first-order chi connectivity index (χ1) is 8.97. The fourth-order valence-corrected chi connectivity index (χ4v) is 4.51. The van der Waals surface area contributed by atoms with Crippen LogP contribution in [-0.2, 0) is 14.6 Å². The maximum Gasteiger partial charge on any atom is 0.226 e. The first kappa shape index (κ1) is 14.8. The highest BCUT2D eigenvalue weighted by Crippen LogP contribution is 2.33. The van der Waals surface area contributed by atoms with Gasteiger partial charge in [-0.25, -0.2) is 8.42 Å². The van der Waals surface area contributed by atoms with Gasteiger partial charge in [0.1, 0.15) is 9.84 Å². The maximum atomic E-state index is 12.5. The second-order valence-electron chi connectivity index (χ2n) is 5.78. The number of carbonyl (C=O) groups is 1. The molecule has 1 amide bonds. The Bertz CT molecular complexity index is 413. The van der Waals surface area contributed by atoms with E-state index in [0.717, 1.165) is 32.4 Å². The average molecular weight is 288 g/mol. The third-order valence-electron chi connectivity index (χ3n) is 4.61. The van der Waals surface area contributed by atoms with Crippen LogP contribution in [0.1, 0.15) is 39.0 Å². The monoisotopic (exact) mass is 288 g/mol. The molecule has 0 atom stereocenters. The van der Waals surface area contributed by atoms with Crippen LogP contribution in [0.4, 0.5) is 0 Å². The molecule has 0 saturated carbocycles. The van der Waals surface area contributed by atoms with Gasteiger partial charge in [0, 0.05) is 6.04 Å². The van der Waals surface area contributed by atoms with Gasteiger partial charge in [0.25, 0.3) is 0 Å². The van der Waals surface area contributed by atoms with E-state index in [0.29, 0.717) is 12.8 Å². The van der Waals surface area contributed by atoms with Gasteiger partial charge >= 0.3 is 0 Å². The fraction of sp³-hybridized carbons (Fsp3) is 0.923. The minimum Gasteiger partial charge on any atom is -0.353 e. The van der Waals surface area contributed by atoms with Crippen molar-refractivity contribution in [3.8, 4) is 0 Å². The lowest BCUT2D eigenvalue weighted by molar-refractivity contribution is -0.133. The molecule has 2 N–H and O–H groups in total. The van der Waals surface area contributed by atoms with Crippen LogP contribution < -0.4 is 10.6 Å². The van der Waals surface area contributed by atoms with E-state index in [1.165, 1.54) is 0 Å². The van der Waals surface area contributed by atoms with Gasteiger partial charge in [-0.3, -0.25) is 4.79 Å². The summed E-state index contributed by atoms with van der Waals surface area (Å²) in [6, 6.07) is 0.0364. The van der Waals surface area contributed by atoms with Crippen LogP contribution in [0, 0.1) is 5.41 Å². The second kappa shape index (κ2) is 5.79. The molecule has 2 heterocycles. The van der Waals surface area contributed by atoms with E-state index in [2.05, 4.69) is 17.6 Å². The largest absolute Gasteiger partial charge is 0.353 e. The molecule has 0 aromatic carbocycles. The Hall–Kier alpha value is -0.620. The number of nitrogens with one attached hydrogen (secondary N) is 2. The van der Waals surface area contributed by atoms with Gasteiger partial charge in [-0.15, -0.1) is 0 Å². The molecule has 0 aromatic heterocycles. The summed E-state index contributed by atoms with van der Waals surface area (Å²) in [6.45, 7) is 3.84. The van der Waals surface area contributed by atoms with Gasteiger partial charge in [0.15, 0.2) is 0 Å². The summed E-state index contributed by atoms with van der Waals surface area (Å²) in [6.07, 6.45) is 3.73. The zero-order chi connectivity index (χ0) is 13.9. The quantitative estimate of drug-likeness (QED) is 0.791. The number of carbonyl (C=O) groups excluding carboxylic acids is 1. The molecule has 0 bridgehead atoms. The van der Waals surface area contributed by atoms with E-state index < -0.39 is 9.84 Å². The lowest BCUT2D eigenvalue weighted by Gasteiger charge is -2.37.